The van der Waals surface area contributed by atoms with Crippen LogP contribution in [0.3, 0.4) is 0 Å². The van der Waals surface area contributed by atoms with E-state index in [1.165, 1.54) is 12.1 Å². The van der Waals surface area contributed by atoms with E-state index >= 15 is 0 Å². The Morgan fingerprint density at radius 3 is 2.10 bits per heavy atom. The van der Waals surface area contributed by atoms with Crippen molar-refractivity contribution in [2.75, 3.05) is 5.32 Å². The van der Waals surface area contributed by atoms with Crippen LogP contribution in [0.15, 0.2) is 12.1 Å². The molecule has 2 atom stereocenters. The summed E-state index contributed by atoms with van der Waals surface area (Å²) in [6, 6.07) is 2.94. The number of anilines is 1. The zero-order chi connectivity index (χ0) is 15.6. The zero-order valence-electron chi connectivity index (χ0n) is 11.0. The molecule has 1 fully saturated rings. The molecule has 4 nitrogen and oxygen atoms in total. The fraction of sp³-hybridized carbons (Fsp3) is 0.429. The van der Waals surface area contributed by atoms with E-state index in [4.69, 9.17) is 34.8 Å². The Bertz CT molecular complexity index is 554. The average Bonchev–Trinajstić information content (AvgIpc) is 2.42. The van der Waals surface area contributed by atoms with Crippen molar-refractivity contribution in [1.29, 1.82) is 0 Å². The monoisotopic (exact) mass is 349 g/mol. The van der Waals surface area contributed by atoms with Crippen molar-refractivity contribution in [3.8, 4) is 0 Å². The number of benzene rings is 1. The smallest absolute Gasteiger partial charge is 0.307 e. The number of carboxylic acid groups (broad SMARTS) is 1. The molecule has 1 aromatic carbocycles. The molecule has 0 bridgehead atoms. The number of halogens is 3. The van der Waals surface area contributed by atoms with Crippen LogP contribution >= 0.6 is 34.8 Å². The summed E-state index contributed by atoms with van der Waals surface area (Å²) < 4.78 is 0. The van der Waals surface area contributed by atoms with Crippen molar-refractivity contribution < 1.29 is 14.7 Å². The molecule has 21 heavy (non-hydrogen) atoms. The van der Waals surface area contributed by atoms with Crippen LogP contribution in [-0.4, -0.2) is 17.0 Å². The van der Waals surface area contributed by atoms with Gasteiger partial charge in [0.25, 0.3) is 0 Å². The van der Waals surface area contributed by atoms with Crippen LogP contribution in [0, 0.1) is 11.8 Å². The minimum Gasteiger partial charge on any atom is -0.481 e. The first-order chi connectivity index (χ1) is 9.90. The molecule has 1 amide bonds. The van der Waals surface area contributed by atoms with Crippen LogP contribution in [0.2, 0.25) is 15.1 Å². The number of amides is 1. The van der Waals surface area contributed by atoms with Gasteiger partial charge < -0.3 is 10.4 Å². The quantitative estimate of drug-likeness (QED) is 0.845. The van der Waals surface area contributed by atoms with Gasteiger partial charge in [-0.25, -0.2) is 0 Å². The second-order valence-corrected chi connectivity index (χ2v) is 6.32. The summed E-state index contributed by atoms with van der Waals surface area (Å²) in [7, 11) is 0. The van der Waals surface area contributed by atoms with E-state index in [9.17, 15) is 14.7 Å². The Kier molecular flexibility index (Phi) is 5.36. The average molecular weight is 351 g/mol. The van der Waals surface area contributed by atoms with Crippen molar-refractivity contribution in [2.45, 2.75) is 25.7 Å². The van der Waals surface area contributed by atoms with E-state index in [2.05, 4.69) is 5.32 Å². The summed E-state index contributed by atoms with van der Waals surface area (Å²) in [5.41, 5.74) is 0.266. The fourth-order valence-electron chi connectivity index (χ4n) is 2.62. The predicted molar refractivity (Wildman–Crippen MR) is 83.2 cm³/mol. The minimum atomic E-state index is -0.942. The molecule has 7 heteroatoms. The maximum Gasteiger partial charge on any atom is 0.307 e. The predicted octanol–water partition coefficient (Wildman–Crippen LogP) is 4.48. The first-order valence-corrected chi connectivity index (χ1v) is 7.71. The third kappa shape index (κ3) is 3.82. The maximum absolute atomic E-state index is 12.3. The lowest BCUT2D eigenvalue weighted by molar-refractivity contribution is -0.147. The molecule has 0 aromatic heterocycles. The molecule has 2 unspecified atom stereocenters. The molecular formula is C14H14Cl3NO3. The van der Waals surface area contributed by atoms with E-state index < -0.39 is 17.8 Å². The topological polar surface area (TPSA) is 66.4 Å². The molecule has 2 N–H and O–H groups in total. The van der Waals surface area contributed by atoms with E-state index in [1.54, 1.807) is 0 Å². The van der Waals surface area contributed by atoms with Crippen LogP contribution in [0.1, 0.15) is 25.7 Å². The highest BCUT2D eigenvalue weighted by atomic mass is 35.5. The van der Waals surface area contributed by atoms with Gasteiger partial charge in [0.1, 0.15) is 0 Å². The standard InChI is InChI=1S/C14H14Cl3NO3/c15-7-5-10(16)12(11(17)6-7)18-13(19)8-3-1-2-4-9(8)14(20)21/h5-6,8-9H,1-4H2,(H,18,19)(H,20,21). The molecule has 1 aromatic rings. The number of hydrogen-bond donors (Lipinski definition) is 2. The molecule has 1 aliphatic carbocycles. The van der Waals surface area contributed by atoms with Gasteiger partial charge in [-0.2, -0.15) is 0 Å². The largest absolute Gasteiger partial charge is 0.481 e. The van der Waals surface area contributed by atoms with E-state index in [-0.39, 0.29) is 21.6 Å². The summed E-state index contributed by atoms with van der Waals surface area (Å²) in [6.07, 6.45) is 2.72. The Labute approximate surface area is 137 Å². The molecule has 0 spiro atoms. The lowest BCUT2D eigenvalue weighted by Gasteiger charge is -2.27. The molecule has 0 heterocycles. The number of carboxylic acids is 1. The number of carbonyl (C=O) groups is 2. The second kappa shape index (κ2) is 6.86. The molecular weight excluding hydrogens is 337 g/mol. The fourth-order valence-corrected chi connectivity index (χ4v) is 3.53. The van der Waals surface area contributed by atoms with Crippen LogP contribution in [-0.2, 0) is 9.59 Å². The van der Waals surface area contributed by atoms with Crippen LogP contribution < -0.4 is 5.32 Å². The van der Waals surface area contributed by atoms with Crippen molar-refractivity contribution in [3.05, 3.63) is 27.2 Å². The Morgan fingerprint density at radius 1 is 1.05 bits per heavy atom. The summed E-state index contributed by atoms with van der Waals surface area (Å²) in [5.74, 6) is -2.54. The number of aliphatic carboxylic acids is 1. The summed E-state index contributed by atoms with van der Waals surface area (Å²) >= 11 is 17.8. The van der Waals surface area contributed by atoms with Gasteiger partial charge in [0, 0.05) is 5.02 Å². The van der Waals surface area contributed by atoms with Crippen molar-refractivity contribution in [1.82, 2.24) is 0 Å². The Morgan fingerprint density at radius 2 is 1.57 bits per heavy atom. The molecule has 2 rings (SSSR count). The molecule has 0 saturated heterocycles. The van der Waals surface area contributed by atoms with E-state index in [1.807, 2.05) is 0 Å². The lowest BCUT2D eigenvalue weighted by atomic mass is 9.78. The number of carbonyl (C=O) groups excluding carboxylic acids is 1. The van der Waals surface area contributed by atoms with Gasteiger partial charge in [0.15, 0.2) is 0 Å². The molecule has 114 valence electrons. The Hall–Kier alpha value is -0.970. The molecule has 1 saturated carbocycles. The summed E-state index contributed by atoms with van der Waals surface area (Å²) in [4.78, 5) is 23.6. The highest BCUT2D eigenvalue weighted by Crippen LogP contribution is 2.36. The first-order valence-electron chi connectivity index (χ1n) is 6.58. The lowest BCUT2D eigenvalue weighted by Crippen LogP contribution is -2.36. The molecule has 0 aliphatic heterocycles. The van der Waals surface area contributed by atoms with Crippen molar-refractivity contribution in [3.63, 3.8) is 0 Å². The third-order valence-electron chi connectivity index (χ3n) is 3.68. The SMILES string of the molecule is O=C(O)C1CCCCC1C(=O)Nc1c(Cl)cc(Cl)cc1Cl. The van der Waals surface area contributed by atoms with Gasteiger partial charge in [-0.1, -0.05) is 47.6 Å². The highest BCUT2D eigenvalue weighted by Gasteiger charge is 2.36. The Balaban J connectivity index is 2.19. The highest BCUT2D eigenvalue weighted by molar-refractivity contribution is 6.42. The minimum absolute atomic E-state index is 0.225. The number of hydrogen-bond acceptors (Lipinski definition) is 2. The van der Waals surface area contributed by atoms with Crippen molar-refractivity contribution in [2.24, 2.45) is 11.8 Å². The van der Waals surface area contributed by atoms with Gasteiger partial charge in [-0.3, -0.25) is 9.59 Å². The molecule has 1 aliphatic rings. The van der Waals surface area contributed by atoms with Crippen LogP contribution in [0.25, 0.3) is 0 Å². The van der Waals surface area contributed by atoms with Crippen molar-refractivity contribution >= 4 is 52.4 Å². The third-order valence-corrected chi connectivity index (χ3v) is 4.49. The van der Waals surface area contributed by atoms with Gasteiger partial charge in [-0.15, -0.1) is 0 Å². The van der Waals surface area contributed by atoms with Crippen LogP contribution in [0.4, 0.5) is 5.69 Å². The zero-order valence-corrected chi connectivity index (χ0v) is 13.3. The number of nitrogens with one attached hydrogen (secondary N) is 1. The van der Waals surface area contributed by atoms with Crippen LogP contribution in [0.5, 0.6) is 0 Å². The van der Waals surface area contributed by atoms with E-state index in [0.29, 0.717) is 17.9 Å². The van der Waals surface area contributed by atoms with E-state index in [0.717, 1.165) is 12.8 Å². The summed E-state index contributed by atoms with van der Waals surface area (Å²) in [5, 5.41) is 12.7. The van der Waals surface area contributed by atoms with Gasteiger partial charge >= 0.3 is 5.97 Å². The normalized spacial score (nSPS) is 21.9. The molecule has 0 radical (unpaired) electrons. The maximum atomic E-state index is 12.3. The second-order valence-electron chi connectivity index (χ2n) is 5.07. The summed E-state index contributed by atoms with van der Waals surface area (Å²) in [6.45, 7) is 0. The van der Waals surface area contributed by atoms with Gasteiger partial charge in [-0.05, 0) is 25.0 Å². The first kappa shape index (κ1) is 16.4. The van der Waals surface area contributed by atoms with Gasteiger partial charge in [0.2, 0.25) is 5.91 Å². The number of rotatable bonds is 3. The van der Waals surface area contributed by atoms with Gasteiger partial charge in [0.05, 0.1) is 27.6 Å².